The predicted molar refractivity (Wildman–Crippen MR) is 114 cm³/mol. The number of morpholine rings is 1. The predicted octanol–water partition coefficient (Wildman–Crippen LogP) is 1.73. The maximum atomic E-state index is 12.6. The summed E-state index contributed by atoms with van der Waals surface area (Å²) in [4.78, 5) is 22.8. The number of carbonyl (C=O) groups is 1. The Labute approximate surface area is 180 Å². The number of nitro benzene ring substituents is 1. The molecule has 2 aromatic rings. The van der Waals surface area contributed by atoms with Gasteiger partial charge in [-0.05, 0) is 23.8 Å². The highest BCUT2D eigenvalue weighted by Gasteiger charge is 2.26. The van der Waals surface area contributed by atoms with Gasteiger partial charge in [0.2, 0.25) is 15.9 Å². The van der Waals surface area contributed by atoms with Crippen LogP contribution in [0.2, 0.25) is 0 Å². The highest BCUT2D eigenvalue weighted by molar-refractivity contribution is 7.89. The third-order valence-corrected chi connectivity index (χ3v) is 6.70. The Morgan fingerprint density at radius 2 is 1.77 bits per heavy atom. The molecule has 2 N–H and O–H groups in total. The molecule has 0 bridgehead atoms. The van der Waals surface area contributed by atoms with E-state index in [1.165, 1.54) is 22.5 Å². The summed E-state index contributed by atoms with van der Waals surface area (Å²) in [5, 5.41) is 16.6. The molecule has 1 saturated heterocycles. The first-order valence-electron chi connectivity index (χ1n) is 9.79. The minimum Gasteiger partial charge on any atom is -0.379 e. The standard InChI is InChI=1S/C20H24N4O6S/c25-20(9-10-21-18-3-1-2-4-19(18)24(26)27)22-15-16-5-7-17(8-6-16)31(28,29)23-11-13-30-14-12-23/h1-8,21H,9-15H2,(H,22,25). The van der Waals surface area contributed by atoms with Gasteiger partial charge in [-0.25, -0.2) is 8.42 Å². The third kappa shape index (κ3) is 6.00. The summed E-state index contributed by atoms with van der Waals surface area (Å²) in [5.74, 6) is -0.226. The van der Waals surface area contributed by atoms with Gasteiger partial charge in [0.25, 0.3) is 5.69 Å². The van der Waals surface area contributed by atoms with E-state index in [-0.39, 0.29) is 36.0 Å². The lowest BCUT2D eigenvalue weighted by molar-refractivity contribution is -0.384. The van der Waals surface area contributed by atoms with E-state index in [1.807, 2.05) is 0 Å². The first kappa shape index (κ1) is 22.7. The molecule has 0 unspecified atom stereocenters. The molecule has 1 aliphatic rings. The van der Waals surface area contributed by atoms with Crippen LogP contribution in [0.5, 0.6) is 0 Å². The summed E-state index contributed by atoms with van der Waals surface area (Å²) >= 11 is 0. The van der Waals surface area contributed by atoms with Crippen LogP contribution < -0.4 is 10.6 Å². The number of rotatable bonds is 9. The SMILES string of the molecule is O=C(CCNc1ccccc1[N+](=O)[O-])NCc1ccc(S(=O)(=O)N2CCOCC2)cc1. The summed E-state index contributed by atoms with van der Waals surface area (Å²) in [6.07, 6.45) is 0.134. The van der Waals surface area contributed by atoms with Gasteiger partial charge in [-0.15, -0.1) is 0 Å². The van der Waals surface area contributed by atoms with Gasteiger partial charge in [-0.2, -0.15) is 4.31 Å². The van der Waals surface area contributed by atoms with Gasteiger partial charge in [-0.1, -0.05) is 24.3 Å². The average molecular weight is 449 g/mol. The second-order valence-electron chi connectivity index (χ2n) is 6.89. The van der Waals surface area contributed by atoms with Crippen molar-refractivity contribution >= 4 is 27.3 Å². The van der Waals surface area contributed by atoms with Crippen LogP contribution in [0.1, 0.15) is 12.0 Å². The Morgan fingerprint density at radius 1 is 1.10 bits per heavy atom. The van der Waals surface area contributed by atoms with E-state index in [2.05, 4.69) is 10.6 Å². The normalized spacial score (nSPS) is 14.7. The molecule has 31 heavy (non-hydrogen) atoms. The second kappa shape index (κ2) is 10.3. The van der Waals surface area contributed by atoms with Gasteiger partial charge in [-0.3, -0.25) is 14.9 Å². The number of hydrogen-bond acceptors (Lipinski definition) is 7. The number of sulfonamides is 1. The van der Waals surface area contributed by atoms with Gasteiger partial charge in [0, 0.05) is 38.7 Å². The third-order valence-electron chi connectivity index (χ3n) is 4.79. The molecule has 0 spiro atoms. The number of ether oxygens (including phenoxy) is 1. The van der Waals surface area contributed by atoms with E-state index in [0.717, 1.165) is 5.56 Å². The minimum atomic E-state index is -3.55. The van der Waals surface area contributed by atoms with Crippen molar-refractivity contribution in [3.8, 4) is 0 Å². The molecular formula is C20H24N4O6S. The summed E-state index contributed by atoms with van der Waals surface area (Å²) in [6, 6.07) is 12.6. The molecule has 0 radical (unpaired) electrons. The summed E-state index contributed by atoms with van der Waals surface area (Å²) in [7, 11) is -3.55. The Bertz CT molecular complexity index is 1020. The number of nitrogens with zero attached hydrogens (tertiary/aromatic N) is 2. The van der Waals surface area contributed by atoms with Crippen molar-refractivity contribution in [2.75, 3.05) is 38.2 Å². The van der Waals surface area contributed by atoms with Crippen molar-refractivity contribution in [1.29, 1.82) is 0 Å². The van der Waals surface area contributed by atoms with Crippen LogP contribution >= 0.6 is 0 Å². The first-order chi connectivity index (χ1) is 14.9. The summed E-state index contributed by atoms with van der Waals surface area (Å²) in [5.41, 5.74) is 1.08. The molecule has 0 saturated carbocycles. The van der Waals surface area contributed by atoms with Gasteiger partial charge >= 0.3 is 0 Å². The zero-order valence-electron chi connectivity index (χ0n) is 16.8. The summed E-state index contributed by atoms with van der Waals surface area (Å²) < 4.78 is 31.8. The Morgan fingerprint density at radius 3 is 2.45 bits per heavy atom. The van der Waals surface area contributed by atoms with Crippen molar-refractivity contribution < 1.29 is 22.9 Å². The molecule has 11 heteroatoms. The number of carbonyl (C=O) groups excluding carboxylic acids is 1. The fourth-order valence-corrected chi connectivity index (χ4v) is 4.51. The molecule has 166 valence electrons. The zero-order chi connectivity index (χ0) is 22.3. The van der Waals surface area contributed by atoms with E-state index in [4.69, 9.17) is 4.74 Å². The maximum absolute atomic E-state index is 12.6. The average Bonchev–Trinajstić information content (AvgIpc) is 2.79. The molecule has 2 aromatic carbocycles. The molecular weight excluding hydrogens is 424 g/mol. The molecule has 1 fully saturated rings. The number of hydrogen-bond donors (Lipinski definition) is 2. The van der Waals surface area contributed by atoms with Crippen LogP contribution in [0.15, 0.2) is 53.4 Å². The lowest BCUT2D eigenvalue weighted by Crippen LogP contribution is -2.40. The molecule has 3 rings (SSSR count). The van der Waals surface area contributed by atoms with E-state index in [1.54, 1.807) is 30.3 Å². The first-order valence-corrected chi connectivity index (χ1v) is 11.2. The molecule has 1 aliphatic heterocycles. The second-order valence-corrected chi connectivity index (χ2v) is 8.83. The Hall–Kier alpha value is -3.02. The molecule has 0 aromatic heterocycles. The highest BCUT2D eigenvalue weighted by atomic mass is 32.2. The van der Waals surface area contributed by atoms with Crippen LogP contribution in [0.3, 0.4) is 0 Å². The van der Waals surface area contributed by atoms with Crippen molar-refractivity contribution in [1.82, 2.24) is 9.62 Å². The largest absolute Gasteiger partial charge is 0.379 e. The van der Waals surface area contributed by atoms with Crippen molar-refractivity contribution in [2.24, 2.45) is 0 Å². The number of para-hydroxylation sites is 2. The highest BCUT2D eigenvalue weighted by Crippen LogP contribution is 2.23. The van der Waals surface area contributed by atoms with Crippen molar-refractivity contribution in [2.45, 2.75) is 17.9 Å². The topological polar surface area (TPSA) is 131 Å². The fourth-order valence-electron chi connectivity index (χ4n) is 3.10. The van der Waals surface area contributed by atoms with E-state index >= 15 is 0 Å². The van der Waals surface area contributed by atoms with E-state index in [0.29, 0.717) is 32.0 Å². The van der Waals surface area contributed by atoms with Crippen molar-refractivity contribution in [3.05, 3.63) is 64.2 Å². The lowest BCUT2D eigenvalue weighted by Gasteiger charge is -2.26. The number of anilines is 1. The summed E-state index contributed by atoms with van der Waals surface area (Å²) in [6.45, 7) is 1.93. The molecule has 1 heterocycles. The molecule has 0 aliphatic carbocycles. The van der Waals surface area contributed by atoms with Crippen LogP contribution in [0, 0.1) is 10.1 Å². The van der Waals surface area contributed by atoms with Crippen LogP contribution in [-0.2, 0) is 26.1 Å². The lowest BCUT2D eigenvalue weighted by atomic mass is 10.2. The monoisotopic (exact) mass is 448 g/mol. The molecule has 10 nitrogen and oxygen atoms in total. The fraction of sp³-hybridized carbons (Fsp3) is 0.350. The Kier molecular flexibility index (Phi) is 7.55. The van der Waals surface area contributed by atoms with Crippen LogP contribution in [0.25, 0.3) is 0 Å². The molecule has 0 atom stereocenters. The van der Waals surface area contributed by atoms with Gasteiger partial charge in [0.15, 0.2) is 0 Å². The van der Waals surface area contributed by atoms with E-state index in [9.17, 15) is 23.3 Å². The minimum absolute atomic E-state index is 0.0463. The van der Waals surface area contributed by atoms with E-state index < -0.39 is 14.9 Å². The van der Waals surface area contributed by atoms with Crippen LogP contribution in [-0.4, -0.2) is 56.4 Å². The number of amides is 1. The number of benzene rings is 2. The van der Waals surface area contributed by atoms with Gasteiger partial charge in [0.1, 0.15) is 5.69 Å². The quantitative estimate of drug-likeness (QED) is 0.441. The molecule has 1 amide bonds. The Balaban J connectivity index is 1.47. The van der Waals surface area contributed by atoms with Gasteiger partial charge in [0.05, 0.1) is 23.0 Å². The number of nitro groups is 1. The van der Waals surface area contributed by atoms with Crippen molar-refractivity contribution in [3.63, 3.8) is 0 Å². The smallest absolute Gasteiger partial charge is 0.292 e. The zero-order valence-corrected chi connectivity index (χ0v) is 17.6. The number of nitrogens with one attached hydrogen (secondary N) is 2. The van der Waals surface area contributed by atoms with Crippen LogP contribution in [0.4, 0.5) is 11.4 Å². The van der Waals surface area contributed by atoms with Gasteiger partial charge < -0.3 is 15.4 Å². The maximum Gasteiger partial charge on any atom is 0.292 e.